The number of benzene rings is 1. The Morgan fingerprint density at radius 2 is 1.01 bits per heavy atom. The first-order valence-corrected chi connectivity index (χ1v) is 30.2. The maximum Gasteiger partial charge on any atom is 0.326 e. The van der Waals surface area contributed by atoms with Crippen molar-refractivity contribution in [3.63, 3.8) is 0 Å². The van der Waals surface area contributed by atoms with E-state index in [1.807, 2.05) is 0 Å². The zero-order valence-electron chi connectivity index (χ0n) is 53.5. The van der Waals surface area contributed by atoms with E-state index in [2.05, 4.69) is 58.2 Å². The number of carbonyl (C=O) groups is 14. The molecule has 0 saturated carbocycles. The second kappa shape index (κ2) is 38.7. The van der Waals surface area contributed by atoms with Crippen LogP contribution in [0.2, 0.25) is 0 Å². The van der Waals surface area contributed by atoms with Gasteiger partial charge < -0.3 is 106 Å². The monoisotopic (exact) mass is 1320 g/mol. The van der Waals surface area contributed by atoms with Gasteiger partial charge in [0, 0.05) is 25.9 Å². The van der Waals surface area contributed by atoms with Crippen molar-refractivity contribution < 1.29 is 97.8 Å². The first-order chi connectivity index (χ1) is 43.4. The van der Waals surface area contributed by atoms with E-state index < -0.39 is 205 Å². The molecule has 11 amide bonds. The minimum Gasteiger partial charge on any atom is -0.481 e. The van der Waals surface area contributed by atoms with E-state index >= 15 is 0 Å². The zero-order chi connectivity index (χ0) is 70.7. The SMILES string of the molecule is CC(C)[C@H](N)C(=O)N[C@@H](CO)C(=O)N[C@@H](CCC(=O)O)C(=O)N1CCC[C@H]1C(=O)N[C@H](C(=O)N[C@H](C(=O)N[C@H](C(=O)N[C@@H](C)C(=O)N[C@@H](Cc1ccccc1)C(=O)N[C@@H](CC(=O)O)C(=O)N[C@H](C(=O)N[C@@H](CCCN=C(N)N)C(=O)O)C(C)C)C(C)C)[C@@H](C)O)[C@@H](C)O. The lowest BCUT2D eigenvalue weighted by molar-refractivity contribution is -0.144. The van der Waals surface area contributed by atoms with Gasteiger partial charge in [0.2, 0.25) is 65.0 Å². The number of carboxylic acid groups (broad SMARTS) is 3. The number of amides is 11. The van der Waals surface area contributed by atoms with Gasteiger partial charge in [-0.2, -0.15) is 0 Å². The summed E-state index contributed by atoms with van der Waals surface area (Å²) in [5.74, 6) is -17.9. The number of aliphatic carboxylic acids is 3. The van der Waals surface area contributed by atoms with Gasteiger partial charge in [0.15, 0.2) is 5.96 Å². The predicted molar refractivity (Wildman–Crippen MR) is 329 cm³/mol. The number of carbonyl (C=O) groups excluding carboxylic acids is 11. The van der Waals surface area contributed by atoms with Crippen molar-refractivity contribution in [2.75, 3.05) is 19.7 Å². The van der Waals surface area contributed by atoms with Crippen LogP contribution in [0.1, 0.15) is 113 Å². The van der Waals surface area contributed by atoms with Crippen LogP contribution in [0.3, 0.4) is 0 Å². The molecule has 520 valence electrons. The fourth-order valence-electron chi connectivity index (χ4n) is 9.34. The molecule has 22 N–H and O–H groups in total. The summed E-state index contributed by atoms with van der Waals surface area (Å²) in [6.07, 6.45) is -5.71. The third-order valence-corrected chi connectivity index (χ3v) is 14.8. The number of nitrogens with one attached hydrogen (secondary N) is 10. The first-order valence-electron chi connectivity index (χ1n) is 30.2. The molecular weight excluding hydrogens is 1230 g/mol. The number of guanidine groups is 1. The predicted octanol–water partition coefficient (Wildman–Crippen LogP) is -6.39. The van der Waals surface area contributed by atoms with Crippen LogP contribution in [-0.4, -0.2) is 229 Å². The molecule has 35 heteroatoms. The number of aliphatic hydroxyl groups excluding tert-OH is 3. The second-order valence-corrected chi connectivity index (χ2v) is 23.6. The van der Waals surface area contributed by atoms with E-state index in [0.717, 1.165) is 18.7 Å². The molecule has 2 rings (SSSR count). The molecular formula is C58H93N15O20. The van der Waals surface area contributed by atoms with Gasteiger partial charge in [-0.3, -0.25) is 67.3 Å². The Balaban J connectivity index is 2.31. The third-order valence-electron chi connectivity index (χ3n) is 14.8. The molecule has 0 aromatic heterocycles. The molecule has 0 spiro atoms. The molecule has 1 aromatic rings. The number of aliphatic imine (C=N–C) groups is 1. The smallest absolute Gasteiger partial charge is 0.326 e. The number of nitrogens with zero attached hydrogens (tertiary/aromatic N) is 2. The van der Waals surface area contributed by atoms with Crippen LogP contribution in [0.5, 0.6) is 0 Å². The topological polar surface area (TPSA) is 574 Å². The quantitative estimate of drug-likeness (QED) is 0.0166. The molecule has 93 heavy (non-hydrogen) atoms. The van der Waals surface area contributed by atoms with Crippen LogP contribution in [0.25, 0.3) is 0 Å². The highest BCUT2D eigenvalue weighted by atomic mass is 16.4. The van der Waals surface area contributed by atoms with Gasteiger partial charge in [0.05, 0.1) is 31.3 Å². The lowest BCUT2D eigenvalue weighted by Crippen LogP contribution is -2.63. The fourth-order valence-corrected chi connectivity index (χ4v) is 9.34. The van der Waals surface area contributed by atoms with E-state index in [1.54, 1.807) is 44.2 Å². The largest absolute Gasteiger partial charge is 0.481 e. The maximum atomic E-state index is 14.1. The number of hydrogen-bond acceptors (Lipinski definition) is 19. The van der Waals surface area contributed by atoms with Gasteiger partial charge in [0.1, 0.15) is 66.5 Å². The molecule has 0 unspecified atom stereocenters. The Labute approximate surface area is 537 Å². The van der Waals surface area contributed by atoms with Crippen molar-refractivity contribution in [1.82, 2.24) is 58.1 Å². The van der Waals surface area contributed by atoms with Gasteiger partial charge in [-0.05, 0) is 76.2 Å². The van der Waals surface area contributed by atoms with Crippen molar-refractivity contribution in [3.8, 4) is 0 Å². The van der Waals surface area contributed by atoms with E-state index in [1.165, 1.54) is 34.6 Å². The summed E-state index contributed by atoms with van der Waals surface area (Å²) < 4.78 is 0. The Morgan fingerprint density at radius 3 is 1.52 bits per heavy atom. The third kappa shape index (κ3) is 26.6. The highest BCUT2D eigenvalue weighted by Crippen LogP contribution is 2.21. The van der Waals surface area contributed by atoms with Crippen LogP contribution < -0.4 is 70.4 Å². The highest BCUT2D eigenvalue weighted by molar-refractivity contribution is 6.00. The summed E-state index contributed by atoms with van der Waals surface area (Å²) in [6.45, 7) is 11.7. The minimum absolute atomic E-state index is 0.0271. The summed E-state index contributed by atoms with van der Waals surface area (Å²) in [5, 5.41) is 84.1. The summed E-state index contributed by atoms with van der Waals surface area (Å²) in [7, 11) is 0. The normalized spacial score (nSPS) is 17.1. The van der Waals surface area contributed by atoms with Crippen LogP contribution >= 0.6 is 0 Å². The average Bonchev–Trinajstić information content (AvgIpc) is 1.79. The van der Waals surface area contributed by atoms with E-state index in [4.69, 9.17) is 17.2 Å². The van der Waals surface area contributed by atoms with Crippen LogP contribution in [0, 0.1) is 17.8 Å². The lowest BCUT2D eigenvalue weighted by atomic mass is 10.0. The standard InChI is InChI=1S/C58H93N15O20/c1-26(2)41(59)51(86)68-37(25-74)49(84)64-33(19-20-39(77)78)56(91)73-22-14-18-38(73)50(85)71-44(30(8)75)55(90)72-45(31(9)76)54(89)70-42(27(3)4)52(87)63-29(7)46(81)66-35(23-32-15-11-10-12-16-32)47(82)67-36(24-40(79)80)48(83)69-43(28(5)6)53(88)65-34(57(92)93)17-13-21-62-58(60)61/h10-12,15-16,26-31,33-38,41-45,74-76H,13-14,17-25,59H2,1-9H3,(H,63,87)(H,64,84)(H,65,88)(H,66,81)(H,67,82)(H,68,86)(H,69,83)(H,70,89)(H,71,85)(H,72,90)(H,77,78)(H,79,80)(H,92,93)(H4,60,61,62)/t29-,30+,31+,33-,34-,35-,36-,37-,38-,41-,42-,43-,44-,45-/m0/s1. The summed E-state index contributed by atoms with van der Waals surface area (Å²) >= 11 is 0. The van der Waals surface area contributed by atoms with Gasteiger partial charge >= 0.3 is 17.9 Å². The molecule has 14 atom stereocenters. The lowest BCUT2D eigenvalue weighted by Gasteiger charge is -2.31. The number of rotatable bonds is 39. The van der Waals surface area contributed by atoms with Crippen LogP contribution in [0.4, 0.5) is 0 Å². The van der Waals surface area contributed by atoms with Crippen molar-refractivity contribution in [3.05, 3.63) is 35.9 Å². The average molecular weight is 1320 g/mol. The van der Waals surface area contributed by atoms with E-state index in [0.29, 0.717) is 5.56 Å². The number of nitrogens with two attached hydrogens (primary N) is 3. The summed E-state index contributed by atoms with van der Waals surface area (Å²) in [6, 6.07) is -10.8. The molecule has 0 radical (unpaired) electrons. The molecule has 1 aromatic carbocycles. The summed E-state index contributed by atoms with van der Waals surface area (Å²) in [4.78, 5) is 191. The first kappa shape index (κ1) is 80.0. The molecule has 0 bridgehead atoms. The Kier molecular flexibility index (Phi) is 33.3. The van der Waals surface area contributed by atoms with Gasteiger partial charge in [-0.15, -0.1) is 0 Å². The van der Waals surface area contributed by atoms with Crippen molar-refractivity contribution >= 4 is 88.8 Å². The van der Waals surface area contributed by atoms with Crippen molar-refractivity contribution in [2.24, 2.45) is 39.9 Å². The number of likely N-dealkylation sites (tertiary alicyclic amines) is 1. The molecule has 1 fully saturated rings. The molecule has 1 heterocycles. The summed E-state index contributed by atoms with van der Waals surface area (Å²) in [5.41, 5.74) is 17.0. The Morgan fingerprint density at radius 1 is 0.538 bits per heavy atom. The van der Waals surface area contributed by atoms with E-state index in [-0.39, 0.29) is 57.1 Å². The van der Waals surface area contributed by atoms with Crippen molar-refractivity contribution in [2.45, 2.75) is 198 Å². The maximum absolute atomic E-state index is 14.1. The van der Waals surface area contributed by atoms with Crippen LogP contribution in [-0.2, 0) is 73.5 Å². The van der Waals surface area contributed by atoms with Gasteiger partial charge in [-0.1, -0.05) is 71.9 Å². The molecule has 1 aliphatic rings. The number of carboxylic acids is 3. The Hall–Kier alpha value is -9.09. The second-order valence-electron chi connectivity index (χ2n) is 23.6. The minimum atomic E-state index is -1.90. The zero-order valence-corrected chi connectivity index (χ0v) is 53.5. The highest BCUT2D eigenvalue weighted by Gasteiger charge is 2.42. The molecule has 35 nitrogen and oxygen atoms in total. The molecule has 1 aliphatic heterocycles. The molecule has 0 aliphatic carbocycles. The van der Waals surface area contributed by atoms with Crippen molar-refractivity contribution in [1.29, 1.82) is 0 Å². The number of hydrogen-bond donors (Lipinski definition) is 19. The number of aliphatic hydroxyl groups is 3. The van der Waals surface area contributed by atoms with Gasteiger partial charge in [0.25, 0.3) is 0 Å². The van der Waals surface area contributed by atoms with E-state index in [9.17, 15) is 97.8 Å². The van der Waals surface area contributed by atoms with Gasteiger partial charge in [-0.25, -0.2) is 4.79 Å². The Bertz CT molecular complexity index is 2820. The molecule has 1 saturated heterocycles. The van der Waals surface area contributed by atoms with Crippen LogP contribution in [0.15, 0.2) is 35.3 Å². The fraction of sp³-hybridized carbons (Fsp3) is 0.638.